The van der Waals surface area contributed by atoms with E-state index in [1.807, 2.05) is 0 Å². The molecule has 0 aromatic carbocycles. The standard InChI is InChI=1S/C9H15NO3/c11-9(12)8-6-10(3-4-13-8)5-7-1-2-7/h7-8H,1-6H2,(H,11,12). The Morgan fingerprint density at radius 2 is 2.31 bits per heavy atom. The van der Waals surface area contributed by atoms with Crippen LogP contribution in [-0.2, 0) is 9.53 Å². The molecular formula is C9H15NO3. The lowest BCUT2D eigenvalue weighted by Gasteiger charge is -2.30. The summed E-state index contributed by atoms with van der Waals surface area (Å²) in [6, 6.07) is 0. The molecule has 4 nitrogen and oxygen atoms in total. The van der Waals surface area contributed by atoms with Crippen LogP contribution in [0.25, 0.3) is 0 Å². The quantitative estimate of drug-likeness (QED) is 0.681. The highest BCUT2D eigenvalue weighted by Crippen LogP contribution is 2.30. The van der Waals surface area contributed by atoms with Gasteiger partial charge in [-0.3, -0.25) is 4.90 Å². The average Bonchev–Trinajstić information content (AvgIpc) is 2.89. The summed E-state index contributed by atoms with van der Waals surface area (Å²) in [7, 11) is 0. The molecule has 1 N–H and O–H groups in total. The van der Waals surface area contributed by atoms with E-state index >= 15 is 0 Å². The Morgan fingerprint density at radius 3 is 2.92 bits per heavy atom. The molecule has 0 spiro atoms. The molecule has 1 heterocycles. The summed E-state index contributed by atoms with van der Waals surface area (Å²) >= 11 is 0. The van der Waals surface area contributed by atoms with Crippen molar-refractivity contribution in [2.75, 3.05) is 26.2 Å². The van der Waals surface area contributed by atoms with E-state index in [0.717, 1.165) is 19.0 Å². The van der Waals surface area contributed by atoms with Crippen molar-refractivity contribution in [3.63, 3.8) is 0 Å². The van der Waals surface area contributed by atoms with Crippen LogP contribution < -0.4 is 0 Å². The summed E-state index contributed by atoms with van der Waals surface area (Å²) in [5.74, 6) is -0.00644. The van der Waals surface area contributed by atoms with E-state index in [4.69, 9.17) is 9.84 Å². The van der Waals surface area contributed by atoms with Gasteiger partial charge in [-0.2, -0.15) is 0 Å². The first-order valence-electron chi connectivity index (χ1n) is 4.82. The molecular weight excluding hydrogens is 170 g/mol. The van der Waals surface area contributed by atoms with Crippen LogP contribution >= 0.6 is 0 Å². The summed E-state index contributed by atoms with van der Waals surface area (Å²) in [5, 5.41) is 8.75. The first-order valence-corrected chi connectivity index (χ1v) is 4.82. The van der Waals surface area contributed by atoms with Crippen LogP contribution in [0.3, 0.4) is 0 Å². The van der Waals surface area contributed by atoms with Crippen molar-refractivity contribution >= 4 is 5.97 Å². The molecule has 0 amide bonds. The third kappa shape index (κ3) is 2.42. The van der Waals surface area contributed by atoms with Crippen LogP contribution in [0, 0.1) is 5.92 Å². The van der Waals surface area contributed by atoms with Crippen LogP contribution in [0.15, 0.2) is 0 Å². The maximum atomic E-state index is 10.6. The molecule has 0 aromatic rings. The zero-order chi connectivity index (χ0) is 9.26. The highest BCUT2D eigenvalue weighted by molar-refractivity contribution is 5.72. The molecule has 1 aliphatic carbocycles. The van der Waals surface area contributed by atoms with Crippen molar-refractivity contribution < 1.29 is 14.6 Å². The molecule has 1 saturated heterocycles. The Hall–Kier alpha value is -0.610. The molecule has 2 rings (SSSR count). The van der Waals surface area contributed by atoms with E-state index in [2.05, 4.69) is 4.90 Å². The smallest absolute Gasteiger partial charge is 0.334 e. The van der Waals surface area contributed by atoms with Gasteiger partial charge in [0, 0.05) is 19.6 Å². The van der Waals surface area contributed by atoms with Gasteiger partial charge in [0.15, 0.2) is 6.10 Å². The Morgan fingerprint density at radius 1 is 1.54 bits per heavy atom. The molecule has 4 heteroatoms. The van der Waals surface area contributed by atoms with E-state index in [9.17, 15) is 4.79 Å². The molecule has 2 aliphatic rings. The van der Waals surface area contributed by atoms with Crippen molar-refractivity contribution in [3.8, 4) is 0 Å². The highest BCUT2D eigenvalue weighted by Gasteiger charge is 2.30. The van der Waals surface area contributed by atoms with E-state index in [0.29, 0.717) is 13.2 Å². The van der Waals surface area contributed by atoms with Crippen LogP contribution in [0.5, 0.6) is 0 Å². The number of nitrogens with zero attached hydrogens (tertiary/aromatic N) is 1. The summed E-state index contributed by atoms with van der Waals surface area (Å²) in [6.07, 6.45) is 2.02. The molecule has 2 fully saturated rings. The van der Waals surface area contributed by atoms with Gasteiger partial charge < -0.3 is 9.84 Å². The minimum atomic E-state index is -0.833. The number of carbonyl (C=O) groups is 1. The lowest BCUT2D eigenvalue weighted by Crippen LogP contribution is -2.46. The number of rotatable bonds is 3. The first kappa shape index (κ1) is 8.97. The Kier molecular flexibility index (Phi) is 2.51. The second-order valence-electron chi connectivity index (χ2n) is 3.90. The van der Waals surface area contributed by atoms with Gasteiger partial charge in [-0.15, -0.1) is 0 Å². The fourth-order valence-electron chi connectivity index (χ4n) is 1.68. The Balaban J connectivity index is 1.80. The SMILES string of the molecule is O=C(O)C1CN(CC2CC2)CCO1. The fraction of sp³-hybridized carbons (Fsp3) is 0.889. The monoisotopic (exact) mass is 185 g/mol. The zero-order valence-corrected chi connectivity index (χ0v) is 7.61. The third-order valence-electron chi connectivity index (χ3n) is 2.64. The van der Waals surface area contributed by atoms with Gasteiger partial charge in [-0.05, 0) is 18.8 Å². The normalized spacial score (nSPS) is 30.3. The number of carboxylic acid groups (broad SMARTS) is 1. The summed E-state index contributed by atoms with van der Waals surface area (Å²) in [6.45, 7) is 3.07. The lowest BCUT2D eigenvalue weighted by atomic mass is 10.2. The van der Waals surface area contributed by atoms with Gasteiger partial charge in [0.05, 0.1) is 6.61 Å². The number of aliphatic carboxylic acids is 1. The van der Waals surface area contributed by atoms with Crippen molar-refractivity contribution in [2.24, 2.45) is 5.92 Å². The van der Waals surface area contributed by atoms with E-state index in [1.54, 1.807) is 0 Å². The largest absolute Gasteiger partial charge is 0.479 e. The van der Waals surface area contributed by atoms with Crippen LogP contribution in [0.1, 0.15) is 12.8 Å². The molecule has 0 radical (unpaired) electrons. The van der Waals surface area contributed by atoms with Gasteiger partial charge in [-0.1, -0.05) is 0 Å². The molecule has 13 heavy (non-hydrogen) atoms. The molecule has 0 bridgehead atoms. The summed E-state index contributed by atoms with van der Waals surface area (Å²) in [5.41, 5.74) is 0. The third-order valence-corrected chi connectivity index (χ3v) is 2.64. The van der Waals surface area contributed by atoms with Gasteiger partial charge in [0.25, 0.3) is 0 Å². The molecule has 1 atom stereocenters. The second kappa shape index (κ2) is 3.64. The predicted octanol–water partition coefficient (Wildman–Crippen LogP) is 0.182. The molecule has 1 aliphatic heterocycles. The van der Waals surface area contributed by atoms with Crippen LogP contribution in [0.2, 0.25) is 0 Å². The minimum Gasteiger partial charge on any atom is -0.479 e. The fourth-order valence-corrected chi connectivity index (χ4v) is 1.68. The van der Waals surface area contributed by atoms with Crippen molar-refractivity contribution in [1.82, 2.24) is 4.90 Å². The molecule has 1 saturated carbocycles. The van der Waals surface area contributed by atoms with Crippen LogP contribution in [-0.4, -0.2) is 48.3 Å². The average molecular weight is 185 g/mol. The van der Waals surface area contributed by atoms with Crippen molar-refractivity contribution in [1.29, 1.82) is 0 Å². The Bertz CT molecular complexity index is 203. The van der Waals surface area contributed by atoms with Gasteiger partial charge in [0.1, 0.15) is 0 Å². The van der Waals surface area contributed by atoms with Gasteiger partial charge in [0.2, 0.25) is 0 Å². The van der Waals surface area contributed by atoms with Crippen LogP contribution in [0.4, 0.5) is 0 Å². The molecule has 74 valence electrons. The maximum absolute atomic E-state index is 10.6. The van der Waals surface area contributed by atoms with E-state index < -0.39 is 12.1 Å². The maximum Gasteiger partial charge on any atom is 0.334 e. The van der Waals surface area contributed by atoms with E-state index in [1.165, 1.54) is 12.8 Å². The molecule has 1 unspecified atom stereocenters. The zero-order valence-electron chi connectivity index (χ0n) is 7.61. The lowest BCUT2D eigenvalue weighted by molar-refractivity contribution is -0.156. The predicted molar refractivity (Wildman–Crippen MR) is 46.5 cm³/mol. The topological polar surface area (TPSA) is 49.8 Å². The Labute approximate surface area is 77.5 Å². The number of hydrogen-bond acceptors (Lipinski definition) is 3. The minimum absolute atomic E-state index is 0.559. The number of ether oxygens (including phenoxy) is 1. The summed E-state index contributed by atoms with van der Waals surface area (Å²) in [4.78, 5) is 12.9. The number of morpholine rings is 1. The van der Waals surface area contributed by atoms with E-state index in [-0.39, 0.29) is 0 Å². The van der Waals surface area contributed by atoms with Crippen molar-refractivity contribution in [3.05, 3.63) is 0 Å². The van der Waals surface area contributed by atoms with Gasteiger partial charge in [-0.25, -0.2) is 4.79 Å². The number of carboxylic acids is 1. The number of hydrogen-bond donors (Lipinski definition) is 1. The molecule has 0 aromatic heterocycles. The second-order valence-corrected chi connectivity index (χ2v) is 3.90. The first-order chi connectivity index (χ1) is 6.25. The highest BCUT2D eigenvalue weighted by atomic mass is 16.5. The summed E-state index contributed by atoms with van der Waals surface area (Å²) < 4.78 is 5.13. The van der Waals surface area contributed by atoms with Gasteiger partial charge >= 0.3 is 5.97 Å². The van der Waals surface area contributed by atoms with Crippen molar-refractivity contribution in [2.45, 2.75) is 18.9 Å².